The van der Waals surface area contributed by atoms with Crippen LogP contribution in [0.2, 0.25) is 0 Å². The van der Waals surface area contributed by atoms with Crippen molar-refractivity contribution < 1.29 is 22.7 Å². The highest BCUT2D eigenvalue weighted by molar-refractivity contribution is 6.03. The number of aryl methyl sites for hydroxylation is 1. The van der Waals surface area contributed by atoms with E-state index in [0.717, 1.165) is 38.3 Å². The average Bonchev–Trinajstić information content (AvgIpc) is 2.98. The van der Waals surface area contributed by atoms with Gasteiger partial charge in [-0.05, 0) is 17.7 Å². The van der Waals surface area contributed by atoms with Crippen molar-refractivity contribution in [3.05, 3.63) is 47.3 Å². The molecule has 1 N–H and O–H groups in total. The molecule has 9 heteroatoms. The third-order valence-electron chi connectivity index (χ3n) is 4.10. The van der Waals surface area contributed by atoms with Crippen LogP contribution in [-0.4, -0.2) is 46.9 Å². The van der Waals surface area contributed by atoms with Crippen molar-refractivity contribution in [2.45, 2.75) is 12.7 Å². The van der Waals surface area contributed by atoms with E-state index in [-0.39, 0.29) is 5.69 Å². The summed E-state index contributed by atoms with van der Waals surface area (Å²) in [6.07, 6.45) is -4.56. The maximum absolute atomic E-state index is 12.8. The number of nitrogens with one attached hydrogen (secondary N) is 1. The Morgan fingerprint density at radius 1 is 1.27 bits per heavy atom. The van der Waals surface area contributed by atoms with Gasteiger partial charge in [0.2, 0.25) is 0 Å². The quantitative estimate of drug-likeness (QED) is 0.901. The number of anilines is 1. The Bertz CT molecular complexity index is 783. The van der Waals surface area contributed by atoms with Gasteiger partial charge in [0.1, 0.15) is 5.69 Å². The van der Waals surface area contributed by atoms with Crippen molar-refractivity contribution in [1.82, 2.24) is 14.7 Å². The van der Waals surface area contributed by atoms with Crippen molar-refractivity contribution in [2.75, 3.05) is 31.6 Å². The molecule has 1 aromatic heterocycles. The van der Waals surface area contributed by atoms with Crippen LogP contribution >= 0.6 is 0 Å². The van der Waals surface area contributed by atoms with Gasteiger partial charge >= 0.3 is 6.18 Å². The first-order chi connectivity index (χ1) is 12.3. The molecule has 1 aromatic carbocycles. The smallest absolute Gasteiger partial charge is 0.379 e. The Hall–Kier alpha value is -2.39. The van der Waals surface area contributed by atoms with E-state index in [1.54, 1.807) is 18.2 Å². The van der Waals surface area contributed by atoms with E-state index in [1.165, 1.54) is 0 Å². The Kier molecular flexibility index (Phi) is 5.28. The lowest BCUT2D eigenvalue weighted by Gasteiger charge is -2.26. The lowest BCUT2D eigenvalue weighted by atomic mass is 10.1. The molecule has 1 aliphatic rings. The number of carbonyl (C=O) groups excluding carboxylic acids is 1. The number of carbonyl (C=O) groups is 1. The van der Waals surface area contributed by atoms with Crippen LogP contribution in [0, 0.1) is 0 Å². The predicted octanol–water partition coefficient (Wildman–Crippen LogP) is 2.52. The minimum absolute atomic E-state index is 0.279. The molecule has 0 radical (unpaired) electrons. The number of ether oxygens (including phenoxy) is 1. The molecule has 26 heavy (non-hydrogen) atoms. The van der Waals surface area contributed by atoms with Gasteiger partial charge in [0, 0.05) is 38.4 Å². The monoisotopic (exact) mass is 368 g/mol. The van der Waals surface area contributed by atoms with Gasteiger partial charge in [-0.3, -0.25) is 14.4 Å². The summed E-state index contributed by atoms with van der Waals surface area (Å²) < 4.78 is 44.4. The number of halogens is 3. The highest BCUT2D eigenvalue weighted by Crippen LogP contribution is 2.29. The second kappa shape index (κ2) is 7.46. The fourth-order valence-corrected chi connectivity index (χ4v) is 2.80. The summed E-state index contributed by atoms with van der Waals surface area (Å²) in [4.78, 5) is 14.5. The predicted molar refractivity (Wildman–Crippen MR) is 88.7 cm³/mol. The molecule has 1 saturated heterocycles. The van der Waals surface area contributed by atoms with E-state index < -0.39 is 17.8 Å². The van der Waals surface area contributed by atoms with Gasteiger partial charge in [0.25, 0.3) is 5.91 Å². The lowest BCUT2D eigenvalue weighted by molar-refractivity contribution is -0.143. The molecule has 2 aromatic rings. The number of hydrogen-bond acceptors (Lipinski definition) is 4. The van der Waals surface area contributed by atoms with E-state index in [0.29, 0.717) is 23.6 Å². The highest BCUT2D eigenvalue weighted by Gasteiger charge is 2.35. The van der Waals surface area contributed by atoms with E-state index in [4.69, 9.17) is 4.74 Å². The molecule has 0 spiro atoms. The zero-order chi connectivity index (χ0) is 18.7. The summed E-state index contributed by atoms with van der Waals surface area (Å²) in [6, 6.07) is 7.97. The SMILES string of the molecule is Cn1nc(C(=O)Nc2cccc(CN3CCOCC3)c2)cc1C(F)(F)F. The van der Waals surface area contributed by atoms with Crippen LogP contribution in [0.5, 0.6) is 0 Å². The molecule has 140 valence electrons. The largest absolute Gasteiger partial charge is 0.433 e. The fourth-order valence-electron chi connectivity index (χ4n) is 2.80. The van der Waals surface area contributed by atoms with Gasteiger partial charge in [-0.25, -0.2) is 0 Å². The van der Waals surface area contributed by atoms with Crippen molar-refractivity contribution in [1.29, 1.82) is 0 Å². The van der Waals surface area contributed by atoms with Gasteiger partial charge in [-0.15, -0.1) is 0 Å². The molecule has 0 atom stereocenters. The second-order valence-corrected chi connectivity index (χ2v) is 6.08. The van der Waals surface area contributed by atoms with Crippen LogP contribution in [0.25, 0.3) is 0 Å². The molecule has 1 amide bonds. The molecular formula is C17H19F3N4O2. The number of aromatic nitrogens is 2. The van der Waals surface area contributed by atoms with Crippen molar-refractivity contribution in [2.24, 2.45) is 7.05 Å². The standard InChI is InChI=1S/C17H19F3N4O2/c1-23-15(17(18,19)20)10-14(22-23)16(25)21-13-4-2-3-12(9-13)11-24-5-7-26-8-6-24/h2-4,9-10H,5-8,11H2,1H3,(H,21,25). The first kappa shape index (κ1) is 18.4. The minimum atomic E-state index is -4.56. The summed E-state index contributed by atoms with van der Waals surface area (Å²) in [5.41, 5.74) is 0.267. The van der Waals surface area contributed by atoms with Gasteiger partial charge in [-0.2, -0.15) is 18.3 Å². The topological polar surface area (TPSA) is 59.4 Å². The molecule has 1 fully saturated rings. The number of amides is 1. The molecular weight excluding hydrogens is 349 g/mol. The fraction of sp³-hybridized carbons (Fsp3) is 0.412. The van der Waals surface area contributed by atoms with Crippen LogP contribution in [-0.2, 0) is 24.5 Å². The van der Waals surface area contributed by atoms with Crippen molar-refractivity contribution in [3.63, 3.8) is 0 Å². The highest BCUT2D eigenvalue weighted by atomic mass is 19.4. The third kappa shape index (κ3) is 4.41. The Morgan fingerprint density at radius 3 is 2.65 bits per heavy atom. The normalized spacial score (nSPS) is 15.8. The maximum atomic E-state index is 12.8. The van der Waals surface area contributed by atoms with Gasteiger partial charge in [0.05, 0.1) is 13.2 Å². The first-order valence-corrected chi connectivity index (χ1v) is 8.14. The van der Waals surface area contributed by atoms with E-state index in [2.05, 4.69) is 15.3 Å². The summed E-state index contributed by atoms with van der Waals surface area (Å²) in [7, 11) is 1.16. The number of morpholine rings is 1. The maximum Gasteiger partial charge on any atom is 0.433 e. The summed E-state index contributed by atoms with van der Waals surface area (Å²) in [5, 5.41) is 6.25. The lowest BCUT2D eigenvalue weighted by Crippen LogP contribution is -2.35. The second-order valence-electron chi connectivity index (χ2n) is 6.08. The van der Waals surface area contributed by atoms with Crippen LogP contribution in [0.1, 0.15) is 21.7 Å². The summed E-state index contributed by atoms with van der Waals surface area (Å²) in [6.45, 7) is 3.78. The van der Waals surface area contributed by atoms with Gasteiger partial charge in [-0.1, -0.05) is 12.1 Å². The molecule has 1 aliphatic heterocycles. The Balaban J connectivity index is 1.68. The molecule has 0 unspecified atom stereocenters. The Morgan fingerprint density at radius 2 is 2.00 bits per heavy atom. The molecule has 0 bridgehead atoms. The molecule has 2 heterocycles. The average molecular weight is 368 g/mol. The van der Waals surface area contributed by atoms with Crippen LogP contribution in [0.3, 0.4) is 0 Å². The van der Waals surface area contributed by atoms with Crippen molar-refractivity contribution in [3.8, 4) is 0 Å². The van der Waals surface area contributed by atoms with Crippen LogP contribution in [0.15, 0.2) is 30.3 Å². The van der Waals surface area contributed by atoms with Crippen LogP contribution < -0.4 is 5.32 Å². The number of rotatable bonds is 4. The number of hydrogen-bond donors (Lipinski definition) is 1. The Labute approximate surface area is 148 Å². The van der Waals surface area contributed by atoms with E-state index >= 15 is 0 Å². The number of nitrogens with zero attached hydrogens (tertiary/aromatic N) is 3. The van der Waals surface area contributed by atoms with Crippen LogP contribution in [0.4, 0.5) is 18.9 Å². The van der Waals surface area contributed by atoms with Gasteiger partial charge in [0.15, 0.2) is 5.69 Å². The minimum Gasteiger partial charge on any atom is -0.379 e. The van der Waals surface area contributed by atoms with E-state index in [1.807, 2.05) is 6.07 Å². The third-order valence-corrected chi connectivity index (χ3v) is 4.10. The molecule has 3 rings (SSSR count). The van der Waals surface area contributed by atoms with E-state index in [9.17, 15) is 18.0 Å². The molecule has 6 nitrogen and oxygen atoms in total. The number of alkyl halides is 3. The zero-order valence-corrected chi connectivity index (χ0v) is 14.2. The molecule has 0 saturated carbocycles. The first-order valence-electron chi connectivity index (χ1n) is 8.14. The van der Waals surface area contributed by atoms with Gasteiger partial charge < -0.3 is 10.1 Å². The van der Waals surface area contributed by atoms with Crippen molar-refractivity contribution >= 4 is 11.6 Å². The summed E-state index contributed by atoms with van der Waals surface area (Å²) >= 11 is 0. The summed E-state index contributed by atoms with van der Waals surface area (Å²) in [5.74, 6) is -0.681. The molecule has 0 aliphatic carbocycles. The number of benzene rings is 1. The zero-order valence-electron chi connectivity index (χ0n) is 14.2.